The van der Waals surface area contributed by atoms with Crippen LogP contribution in [0.1, 0.15) is 0 Å². The zero-order chi connectivity index (χ0) is 38.4. The third-order valence-electron chi connectivity index (χ3n) is 11.4. The first-order valence-corrected chi connectivity index (χ1v) is 19.8. The maximum atomic E-state index is 5.20. The second kappa shape index (κ2) is 14.1. The Morgan fingerprint density at radius 2 is 0.741 bits per heavy atom. The van der Waals surface area contributed by atoms with E-state index in [9.17, 15) is 0 Å². The molecule has 0 spiro atoms. The molecule has 0 bridgehead atoms. The van der Waals surface area contributed by atoms with Gasteiger partial charge in [-0.1, -0.05) is 188 Å². The summed E-state index contributed by atoms with van der Waals surface area (Å²) in [5, 5.41) is 10.0. The van der Waals surface area contributed by atoms with Crippen LogP contribution in [0.15, 0.2) is 218 Å². The minimum absolute atomic E-state index is 0.700. The summed E-state index contributed by atoms with van der Waals surface area (Å²) in [4.78, 5) is 10.4. The Bertz CT molecular complexity index is 3340. The fraction of sp³-hybridized carbons (Fsp3) is 0. The lowest BCUT2D eigenvalue weighted by atomic mass is 9.88. The van der Waals surface area contributed by atoms with Crippen LogP contribution in [0.4, 0.5) is 0 Å². The normalized spacial score (nSPS) is 11.4. The van der Waals surface area contributed by atoms with Crippen molar-refractivity contribution < 1.29 is 0 Å². The molecule has 11 aromatic rings. The Hall–Kier alpha value is -7.68. The Balaban J connectivity index is 1.03. The van der Waals surface area contributed by atoms with E-state index in [1.165, 1.54) is 59.8 Å². The lowest BCUT2D eigenvalue weighted by molar-refractivity contribution is 1.18. The molecule has 1 heterocycles. The minimum Gasteiger partial charge on any atom is -0.228 e. The molecule has 0 fully saturated rings. The maximum Gasteiger partial charge on any atom is 0.160 e. The van der Waals surface area contributed by atoms with Gasteiger partial charge in [0.25, 0.3) is 0 Å². The average Bonchev–Trinajstić information content (AvgIpc) is 3.31. The van der Waals surface area contributed by atoms with Gasteiger partial charge in [-0.15, -0.1) is 0 Å². The first-order chi connectivity index (χ1) is 28.7. The van der Waals surface area contributed by atoms with E-state index < -0.39 is 0 Å². The monoisotopic (exact) mass is 736 g/mol. The molecule has 0 saturated heterocycles. The largest absolute Gasteiger partial charge is 0.228 e. The van der Waals surface area contributed by atoms with Gasteiger partial charge >= 0.3 is 0 Å². The predicted molar refractivity (Wildman–Crippen MR) is 245 cm³/mol. The summed E-state index contributed by atoms with van der Waals surface area (Å²) in [6.45, 7) is 0. The summed E-state index contributed by atoms with van der Waals surface area (Å²) in [5.41, 5.74) is 11.9. The number of fused-ring (bicyclic) bond motifs is 5. The first-order valence-electron chi connectivity index (χ1n) is 19.8. The van der Waals surface area contributed by atoms with Gasteiger partial charge in [0.2, 0.25) is 0 Å². The highest BCUT2D eigenvalue weighted by Crippen LogP contribution is 2.41. The highest BCUT2D eigenvalue weighted by atomic mass is 14.9. The molecule has 0 aliphatic rings. The fourth-order valence-electron chi connectivity index (χ4n) is 8.63. The maximum absolute atomic E-state index is 5.20. The molecule has 270 valence electrons. The van der Waals surface area contributed by atoms with Crippen molar-refractivity contribution in [3.05, 3.63) is 218 Å². The van der Waals surface area contributed by atoms with E-state index in [-0.39, 0.29) is 0 Å². The molecule has 0 saturated carbocycles. The number of nitrogens with zero attached hydrogens (tertiary/aromatic N) is 2. The topological polar surface area (TPSA) is 25.8 Å². The Morgan fingerprint density at radius 3 is 1.48 bits per heavy atom. The van der Waals surface area contributed by atoms with E-state index in [2.05, 4.69) is 200 Å². The van der Waals surface area contributed by atoms with Crippen molar-refractivity contribution >= 4 is 43.1 Å². The Morgan fingerprint density at radius 1 is 0.241 bits per heavy atom. The molecule has 0 amide bonds. The molecule has 0 atom stereocenters. The van der Waals surface area contributed by atoms with Gasteiger partial charge < -0.3 is 0 Å². The van der Waals surface area contributed by atoms with Crippen LogP contribution in [0.5, 0.6) is 0 Å². The van der Waals surface area contributed by atoms with Crippen LogP contribution < -0.4 is 0 Å². The van der Waals surface area contributed by atoms with Crippen molar-refractivity contribution in [1.29, 1.82) is 0 Å². The molecule has 2 nitrogen and oxygen atoms in total. The summed E-state index contributed by atoms with van der Waals surface area (Å²) in [6, 6.07) is 78.3. The van der Waals surface area contributed by atoms with Crippen molar-refractivity contribution in [2.45, 2.75) is 0 Å². The summed E-state index contributed by atoms with van der Waals surface area (Å²) in [7, 11) is 0. The van der Waals surface area contributed by atoms with Crippen molar-refractivity contribution in [3.63, 3.8) is 0 Å². The van der Waals surface area contributed by atoms with Crippen LogP contribution in [0.2, 0.25) is 0 Å². The second-order valence-electron chi connectivity index (χ2n) is 15.0. The number of hydrogen-bond acceptors (Lipinski definition) is 2. The van der Waals surface area contributed by atoms with E-state index in [1.807, 2.05) is 18.2 Å². The predicted octanol–water partition coefficient (Wildman–Crippen LogP) is 15.1. The molecule has 0 aliphatic carbocycles. The zero-order valence-corrected chi connectivity index (χ0v) is 31.7. The van der Waals surface area contributed by atoms with Crippen LogP contribution in [-0.2, 0) is 0 Å². The molecule has 0 N–H and O–H groups in total. The minimum atomic E-state index is 0.700. The van der Waals surface area contributed by atoms with Crippen molar-refractivity contribution in [2.24, 2.45) is 0 Å². The second-order valence-corrected chi connectivity index (χ2v) is 15.0. The van der Waals surface area contributed by atoms with Gasteiger partial charge in [-0.05, 0) is 107 Å². The highest BCUT2D eigenvalue weighted by Gasteiger charge is 2.15. The fourth-order valence-corrected chi connectivity index (χ4v) is 8.63. The molecule has 2 heteroatoms. The standard InChI is InChI=1S/C56H36N2/c1-2-16-39(17-3-1)56-57-53(36-54(58-56)45-24-12-22-42(34-45)49-29-13-19-37-14-4-7-26-47(37)49)44-23-10-20-40(32-44)41-21-11-25-46(33-41)55-50-28-9-6-18-43(50)35-52-48-27-8-5-15-38(48)30-31-51(52)55/h1-36H. The molecular formula is C56H36N2. The van der Waals surface area contributed by atoms with E-state index >= 15 is 0 Å². The summed E-state index contributed by atoms with van der Waals surface area (Å²) in [6.07, 6.45) is 0. The zero-order valence-electron chi connectivity index (χ0n) is 31.7. The number of aromatic nitrogens is 2. The number of hydrogen-bond donors (Lipinski definition) is 0. The first kappa shape index (κ1) is 33.6. The Kier molecular flexibility index (Phi) is 8.19. The van der Waals surface area contributed by atoms with Gasteiger partial charge in [0.15, 0.2) is 5.82 Å². The van der Waals surface area contributed by atoms with Gasteiger partial charge in [-0.2, -0.15) is 0 Å². The molecule has 58 heavy (non-hydrogen) atoms. The molecular weight excluding hydrogens is 701 g/mol. The molecule has 1 aromatic heterocycles. The van der Waals surface area contributed by atoms with Crippen LogP contribution in [0, 0.1) is 0 Å². The van der Waals surface area contributed by atoms with E-state index in [0.29, 0.717) is 5.82 Å². The van der Waals surface area contributed by atoms with Crippen LogP contribution in [0.3, 0.4) is 0 Å². The summed E-state index contributed by atoms with van der Waals surface area (Å²) in [5.74, 6) is 0.700. The average molecular weight is 737 g/mol. The lowest BCUT2D eigenvalue weighted by Gasteiger charge is -2.15. The Labute approximate surface area is 337 Å². The summed E-state index contributed by atoms with van der Waals surface area (Å²) >= 11 is 0. The molecule has 0 unspecified atom stereocenters. The number of benzene rings is 10. The quantitative estimate of drug-likeness (QED) is 0.125. The third kappa shape index (κ3) is 6.00. The van der Waals surface area contributed by atoms with Gasteiger partial charge in [-0.3, -0.25) is 0 Å². The lowest BCUT2D eigenvalue weighted by Crippen LogP contribution is -1.96. The third-order valence-corrected chi connectivity index (χ3v) is 11.4. The van der Waals surface area contributed by atoms with Crippen molar-refractivity contribution in [3.8, 4) is 67.3 Å². The van der Waals surface area contributed by atoms with E-state index in [0.717, 1.165) is 44.8 Å². The van der Waals surface area contributed by atoms with Gasteiger partial charge in [0.1, 0.15) is 0 Å². The summed E-state index contributed by atoms with van der Waals surface area (Å²) < 4.78 is 0. The molecule has 11 rings (SSSR count). The van der Waals surface area contributed by atoms with Crippen LogP contribution in [-0.4, -0.2) is 9.97 Å². The van der Waals surface area contributed by atoms with Crippen LogP contribution in [0.25, 0.3) is 110 Å². The molecule has 0 aliphatic heterocycles. The van der Waals surface area contributed by atoms with Gasteiger partial charge in [0.05, 0.1) is 11.4 Å². The van der Waals surface area contributed by atoms with E-state index in [1.54, 1.807) is 0 Å². The SMILES string of the molecule is c1ccc(-c2nc(-c3cccc(-c4cccc(-c5c6ccccc6cc6c5ccc5ccccc56)c4)c3)cc(-c3cccc(-c4cccc5ccccc45)c3)n2)cc1. The molecule has 10 aromatic carbocycles. The van der Waals surface area contributed by atoms with Crippen molar-refractivity contribution in [2.75, 3.05) is 0 Å². The van der Waals surface area contributed by atoms with Gasteiger partial charge in [-0.25, -0.2) is 9.97 Å². The van der Waals surface area contributed by atoms with Gasteiger partial charge in [0, 0.05) is 16.7 Å². The number of rotatable bonds is 6. The van der Waals surface area contributed by atoms with E-state index in [4.69, 9.17) is 9.97 Å². The molecule has 0 radical (unpaired) electrons. The smallest absolute Gasteiger partial charge is 0.160 e. The van der Waals surface area contributed by atoms with Crippen LogP contribution >= 0.6 is 0 Å². The highest BCUT2D eigenvalue weighted by molar-refractivity contribution is 6.20. The van der Waals surface area contributed by atoms with Crippen molar-refractivity contribution in [1.82, 2.24) is 9.97 Å².